The Morgan fingerprint density at radius 2 is 2.06 bits per heavy atom. The summed E-state index contributed by atoms with van der Waals surface area (Å²) in [6.07, 6.45) is 5.59. The van der Waals surface area contributed by atoms with Crippen LogP contribution in [-0.4, -0.2) is 12.6 Å². The molecule has 0 heterocycles. The second kappa shape index (κ2) is 5.53. The van der Waals surface area contributed by atoms with E-state index in [9.17, 15) is 4.79 Å². The van der Waals surface area contributed by atoms with Crippen molar-refractivity contribution < 1.29 is 9.53 Å². The number of benzene rings is 1. The average molecular weight is 247 g/mol. The maximum Gasteiger partial charge on any atom is 0.338 e. The summed E-state index contributed by atoms with van der Waals surface area (Å²) in [7, 11) is 0. The van der Waals surface area contributed by atoms with E-state index in [1.54, 1.807) is 6.07 Å². The number of esters is 1. The van der Waals surface area contributed by atoms with Crippen LogP contribution in [0.3, 0.4) is 0 Å². The van der Waals surface area contributed by atoms with E-state index in [1.165, 1.54) is 19.3 Å². The number of carbonyl (C=O) groups excluding carboxylic acids is 1. The van der Waals surface area contributed by atoms with Gasteiger partial charge in [0, 0.05) is 5.54 Å². The Hall–Kier alpha value is -1.35. The molecule has 3 heteroatoms. The van der Waals surface area contributed by atoms with Gasteiger partial charge in [-0.25, -0.2) is 4.79 Å². The van der Waals surface area contributed by atoms with Crippen molar-refractivity contribution in [2.24, 2.45) is 5.73 Å². The number of nitrogens with two attached hydrogens (primary N) is 1. The summed E-state index contributed by atoms with van der Waals surface area (Å²) in [4.78, 5) is 11.7. The van der Waals surface area contributed by atoms with Crippen molar-refractivity contribution in [2.45, 2.75) is 44.6 Å². The highest BCUT2D eigenvalue weighted by atomic mass is 16.5. The molecule has 2 N–H and O–H groups in total. The molecule has 0 spiro atoms. The van der Waals surface area contributed by atoms with Crippen molar-refractivity contribution in [3.63, 3.8) is 0 Å². The van der Waals surface area contributed by atoms with Gasteiger partial charge in [0.15, 0.2) is 0 Å². The number of rotatable bonds is 3. The molecular weight excluding hydrogens is 226 g/mol. The molecular formula is C15H21NO2. The highest BCUT2D eigenvalue weighted by Crippen LogP contribution is 2.34. The van der Waals surface area contributed by atoms with E-state index in [0.29, 0.717) is 12.2 Å². The van der Waals surface area contributed by atoms with Crippen molar-refractivity contribution >= 4 is 5.97 Å². The molecule has 1 aliphatic carbocycles. The first-order valence-electron chi connectivity index (χ1n) is 6.72. The van der Waals surface area contributed by atoms with Gasteiger partial charge in [-0.2, -0.15) is 0 Å². The highest BCUT2D eigenvalue weighted by molar-refractivity contribution is 5.89. The number of hydrogen-bond donors (Lipinski definition) is 1. The molecule has 1 aromatic rings. The van der Waals surface area contributed by atoms with Crippen molar-refractivity contribution in [1.29, 1.82) is 0 Å². The van der Waals surface area contributed by atoms with Crippen LogP contribution in [0.15, 0.2) is 24.3 Å². The third kappa shape index (κ3) is 2.72. The zero-order chi connectivity index (χ0) is 13.0. The predicted molar refractivity (Wildman–Crippen MR) is 71.3 cm³/mol. The van der Waals surface area contributed by atoms with Gasteiger partial charge in [-0.05, 0) is 37.5 Å². The van der Waals surface area contributed by atoms with Crippen LogP contribution in [0.4, 0.5) is 0 Å². The van der Waals surface area contributed by atoms with E-state index in [0.717, 1.165) is 18.4 Å². The zero-order valence-electron chi connectivity index (χ0n) is 10.9. The third-order valence-corrected chi connectivity index (χ3v) is 3.69. The van der Waals surface area contributed by atoms with Gasteiger partial charge in [-0.1, -0.05) is 31.4 Å². The molecule has 0 aliphatic heterocycles. The minimum absolute atomic E-state index is 0.263. The summed E-state index contributed by atoms with van der Waals surface area (Å²) in [6, 6.07) is 7.59. The fourth-order valence-electron chi connectivity index (χ4n) is 2.64. The zero-order valence-corrected chi connectivity index (χ0v) is 10.9. The predicted octanol–water partition coefficient (Wildman–Crippen LogP) is 2.98. The van der Waals surface area contributed by atoms with Gasteiger partial charge >= 0.3 is 5.97 Å². The molecule has 1 fully saturated rings. The summed E-state index contributed by atoms with van der Waals surface area (Å²) >= 11 is 0. The van der Waals surface area contributed by atoms with Gasteiger partial charge in [0.1, 0.15) is 0 Å². The van der Waals surface area contributed by atoms with Gasteiger partial charge in [-0.3, -0.25) is 0 Å². The smallest absolute Gasteiger partial charge is 0.338 e. The van der Waals surface area contributed by atoms with Crippen LogP contribution in [-0.2, 0) is 10.3 Å². The van der Waals surface area contributed by atoms with Crippen molar-refractivity contribution in [1.82, 2.24) is 0 Å². The Kier molecular flexibility index (Phi) is 4.02. The Morgan fingerprint density at radius 1 is 1.33 bits per heavy atom. The lowest BCUT2D eigenvalue weighted by Crippen LogP contribution is -2.38. The lowest BCUT2D eigenvalue weighted by Gasteiger charge is -2.34. The normalized spacial score (nSPS) is 18.3. The molecule has 0 aromatic heterocycles. The molecule has 0 saturated heterocycles. The molecule has 18 heavy (non-hydrogen) atoms. The Morgan fingerprint density at radius 3 is 2.72 bits per heavy atom. The van der Waals surface area contributed by atoms with Crippen molar-refractivity contribution in [2.75, 3.05) is 6.61 Å². The highest BCUT2D eigenvalue weighted by Gasteiger charge is 2.29. The first-order chi connectivity index (χ1) is 8.65. The fourth-order valence-corrected chi connectivity index (χ4v) is 2.64. The molecule has 0 radical (unpaired) electrons. The van der Waals surface area contributed by atoms with E-state index < -0.39 is 0 Å². The molecule has 3 nitrogen and oxygen atoms in total. The average Bonchev–Trinajstić information content (AvgIpc) is 2.40. The SMILES string of the molecule is CCOC(=O)c1cccc(C2(N)CCCCC2)c1. The number of carbonyl (C=O) groups is 1. The molecule has 0 unspecified atom stereocenters. The lowest BCUT2D eigenvalue weighted by atomic mass is 9.77. The maximum absolute atomic E-state index is 11.7. The standard InChI is InChI=1S/C15H21NO2/c1-2-18-14(17)12-7-6-8-13(11-12)15(16)9-4-3-5-10-15/h6-8,11H,2-5,9-10,16H2,1H3. The van der Waals surface area contributed by atoms with Crippen LogP contribution in [0.25, 0.3) is 0 Å². The van der Waals surface area contributed by atoms with E-state index in [-0.39, 0.29) is 11.5 Å². The van der Waals surface area contributed by atoms with E-state index in [2.05, 4.69) is 0 Å². The molecule has 0 atom stereocenters. The van der Waals surface area contributed by atoms with Crippen LogP contribution >= 0.6 is 0 Å². The quantitative estimate of drug-likeness (QED) is 0.835. The fraction of sp³-hybridized carbons (Fsp3) is 0.533. The largest absolute Gasteiger partial charge is 0.462 e. The number of hydrogen-bond acceptors (Lipinski definition) is 3. The molecule has 1 saturated carbocycles. The molecule has 1 aromatic carbocycles. The second-order valence-corrected chi connectivity index (χ2v) is 5.02. The van der Waals surface area contributed by atoms with E-state index in [4.69, 9.17) is 10.5 Å². The lowest BCUT2D eigenvalue weighted by molar-refractivity contribution is 0.0526. The number of ether oxygens (including phenoxy) is 1. The Bertz CT molecular complexity index is 422. The Balaban J connectivity index is 2.23. The summed E-state index contributed by atoms with van der Waals surface area (Å²) in [5.74, 6) is -0.265. The molecule has 2 rings (SSSR count). The van der Waals surface area contributed by atoms with E-state index in [1.807, 2.05) is 25.1 Å². The van der Waals surface area contributed by atoms with Crippen molar-refractivity contribution in [3.05, 3.63) is 35.4 Å². The van der Waals surface area contributed by atoms with Gasteiger partial charge in [0.2, 0.25) is 0 Å². The van der Waals surface area contributed by atoms with Gasteiger partial charge in [0.05, 0.1) is 12.2 Å². The van der Waals surface area contributed by atoms with Gasteiger partial charge in [-0.15, -0.1) is 0 Å². The van der Waals surface area contributed by atoms with Crippen LogP contribution in [0, 0.1) is 0 Å². The van der Waals surface area contributed by atoms with Gasteiger partial charge < -0.3 is 10.5 Å². The van der Waals surface area contributed by atoms with E-state index >= 15 is 0 Å². The molecule has 1 aliphatic rings. The second-order valence-electron chi connectivity index (χ2n) is 5.02. The third-order valence-electron chi connectivity index (χ3n) is 3.69. The minimum atomic E-state index is -0.265. The van der Waals surface area contributed by atoms with Crippen LogP contribution in [0.2, 0.25) is 0 Å². The van der Waals surface area contributed by atoms with Gasteiger partial charge in [0.25, 0.3) is 0 Å². The summed E-state index contributed by atoms with van der Waals surface area (Å²) in [5, 5.41) is 0. The minimum Gasteiger partial charge on any atom is -0.462 e. The monoisotopic (exact) mass is 247 g/mol. The first-order valence-corrected chi connectivity index (χ1v) is 6.72. The van der Waals surface area contributed by atoms with Crippen LogP contribution in [0.1, 0.15) is 54.9 Å². The van der Waals surface area contributed by atoms with Crippen molar-refractivity contribution in [3.8, 4) is 0 Å². The van der Waals surface area contributed by atoms with Crippen LogP contribution in [0.5, 0.6) is 0 Å². The maximum atomic E-state index is 11.7. The molecule has 0 bridgehead atoms. The summed E-state index contributed by atoms with van der Waals surface area (Å²) < 4.78 is 5.02. The first kappa shape index (κ1) is 13.1. The van der Waals surface area contributed by atoms with Crippen LogP contribution < -0.4 is 5.73 Å². The Labute approximate surface area is 108 Å². The molecule has 0 amide bonds. The molecule has 98 valence electrons. The summed E-state index contributed by atoms with van der Waals surface area (Å²) in [5.41, 5.74) is 7.87. The summed E-state index contributed by atoms with van der Waals surface area (Å²) in [6.45, 7) is 2.21. The topological polar surface area (TPSA) is 52.3 Å².